The Labute approximate surface area is 124 Å². The molecule has 0 radical (unpaired) electrons. The van der Waals surface area contributed by atoms with Gasteiger partial charge in [-0.25, -0.2) is 0 Å². The Morgan fingerprint density at radius 2 is 1.86 bits per heavy atom. The van der Waals surface area contributed by atoms with Gasteiger partial charge >= 0.3 is 6.18 Å². The minimum atomic E-state index is -4.11. The summed E-state index contributed by atoms with van der Waals surface area (Å²) in [6.07, 6.45) is 2.10. The van der Waals surface area contributed by atoms with E-state index >= 15 is 0 Å². The summed E-state index contributed by atoms with van der Waals surface area (Å²) in [6, 6.07) is 2.89. The molecule has 1 atom stereocenters. The van der Waals surface area contributed by atoms with Crippen LogP contribution in [0.1, 0.15) is 51.9 Å². The van der Waals surface area contributed by atoms with Crippen LogP contribution >= 0.6 is 0 Å². The van der Waals surface area contributed by atoms with Crippen LogP contribution in [0.2, 0.25) is 0 Å². The van der Waals surface area contributed by atoms with Gasteiger partial charge in [0.15, 0.2) is 0 Å². The first-order valence-corrected chi connectivity index (χ1v) is 7.81. The third kappa shape index (κ3) is 6.23. The Balaban J connectivity index is 1.68. The van der Waals surface area contributed by atoms with Crippen molar-refractivity contribution in [2.24, 2.45) is 0 Å². The van der Waals surface area contributed by atoms with Crippen LogP contribution in [0.5, 0.6) is 0 Å². The summed E-state index contributed by atoms with van der Waals surface area (Å²) in [4.78, 5) is 1.55. The zero-order chi connectivity index (χ0) is 15.5. The Hall–Kier alpha value is -0.800. The van der Waals surface area contributed by atoms with Gasteiger partial charge in [0.2, 0.25) is 0 Å². The lowest BCUT2D eigenvalue weighted by Gasteiger charge is -2.25. The van der Waals surface area contributed by atoms with E-state index in [1.165, 1.54) is 0 Å². The number of nitrogens with one attached hydrogen (secondary N) is 1. The molecule has 6 heteroatoms. The molecule has 1 N–H and O–H groups in total. The molecule has 2 aliphatic carbocycles. The summed E-state index contributed by atoms with van der Waals surface area (Å²) < 4.78 is 37.5. The fraction of sp³-hybridized carbons (Fsp3) is 0.933. The molecule has 0 amide bonds. The van der Waals surface area contributed by atoms with Gasteiger partial charge in [0.25, 0.3) is 0 Å². The number of unbranched alkanes of at least 4 members (excludes halogenated alkanes) is 1. The second-order valence-electron chi connectivity index (χ2n) is 6.64. The van der Waals surface area contributed by atoms with Crippen molar-refractivity contribution < 1.29 is 13.2 Å². The van der Waals surface area contributed by atoms with Crippen LogP contribution in [0.4, 0.5) is 13.2 Å². The van der Waals surface area contributed by atoms with E-state index < -0.39 is 18.3 Å². The molecular weight excluding hydrogens is 279 g/mol. The maximum Gasteiger partial charge on any atom is 0.401 e. The van der Waals surface area contributed by atoms with Gasteiger partial charge in [0.05, 0.1) is 12.6 Å². The second-order valence-corrected chi connectivity index (χ2v) is 6.64. The summed E-state index contributed by atoms with van der Waals surface area (Å²) in [5.41, 5.74) is -0.532. The smallest absolute Gasteiger partial charge is 0.297 e. The lowest BCUT2D eigenvalue weighted by atomic mass is 9.96. The van der Waals surface area contributed by atoms with E-state index in [0.717, 1.165) is 38.5 Å². The lowest BCUT2D eigenvalue weighted by Crippen LogP contribution is -2.42. The third-order valence-electron chi connectivity index (χ3n) is 4.16. The molecule has 21 heavy (non-hydrogen) atoms. The van der Waals surface area contributed by atoms with Crippen molar-refractivity contribution in [1.29, 1.82) is 5.26 Å². The molecule has 0 saturated heterocycles. The van der Waals surface area contributed by atoms with Gasteiger partial charge in [-0.05, 0) is 58.4 Å². The van der Waals surface area contributed by atoms with Crippen LogP contribution in [0.15, 0.2) is 0 Å². The number of nitrogens with zero attached hydrogens (tertiary/aromatic N) is 2. The summed E-state index contributed by atoms with van der Waals surface area (Å²) in [5, 5.41) is 12.6. The average molecular weight is 303 g/mol. The van der Waals surface area contributed by atoms with E-state index in [0.29, 0.717) is 19.0 Å². The zero-order valence-corrected chi connectivity index (χ0v) is 12.5. The molecule has 0 aliphatic heterocycles. The number of hydrogen-bond acceptors (Lipinski definition) is 3. The molecule has 2 saturated carbocycles. The van der Waals surface area contributed by atoms with Gasteiger partial charge in [0, 0.05) is 12.1 Å². The summed E-state index contributed by atoms with van der Waals surface area (Å²) in [7, 11) is 0. The SMILES string of the molecule is CC(C#N)(CCCCN(CC(F)(F)F)C1CC1)NC1CC1. The van der Waals surface area contributed by atoms with Crippen molar-refractivity contribution >= 4 is 0 Å². The van der Waals surface area contributed by atoms with Crippen molar-refractivity contribution in [3.63, 3.8) is 0 Å². The Kier molecular flexibility index (Phi) is 5.15. The first-order chi connectivity index (χ1) is 9.81. The molecule has 120 valence electrons. The summed E-state index contributed by atoms with van der Waals surface area (Å²) in [6.45, 7) is 1.57. The van der Waals surface area contributed by atoms with E-state index in [4.69, 9.17) is 0 Å². The van der Waals surface area contributed by atoms with Crippen LogP contribution in [0, 0.1) is 11.3 Å². The van der Waals surface area contributed by atoms with Gasteiger partial charge in [-0.3, -0.25) is 10.2 Å². The molecule has 3 nitrogen and oxygen atoms in total. The summed E-state index contributed by atoms with van der Waals surface area (Å²) >= 11 is 0. The molecule has 0 bridgehead atoms. The van der Waals surface area contributed by atoms with Crippen molar-refractivity contribution in [2.45, 2.75) is 75.7 Å². The molecule has 0 aromatic heterocycles. The standard InChI is InChI=1S/C15H24F3N3/c1-14(10-19,20-12-4-5-12)8-2-3-9-21(13-6-7-13)11-15(16,17)18/h12-13,20H,2-9,11H2,1H3. The van der Waals surface area contributed by atoms with Gasteiger partial charge in [-0.1, -0.05) is 0 Å². The molecule has 1 unspecified atom stereocenters. The average Bonchev–Trinajstić information content (AvgIpc) is 3.23. The molecule has 2 aliphatic rings. The van der Waals surface area contributed by atoms with Crippen molar-refractivity contribution in [3.8, 4) is 6.07 Å². The topological polar surface area (TPSA) is 39.1 Å². The first-order valence-electron chi connectivity index (χ1n) is 7.81. The summed E-state index contributed by atoms with van der Waals surface area (Å²) in [5.74, 6) is 0. The van der Waals surface area contributed by atoms with Gasteiger partial charge in [0.1, 0.15) is 5.54 Å². The Bertz CT molecular complexity index is 383. The quantitative estimate of drug-likeness (QED) is 0.665. The van der Waals surface area contributed by atoms with Crippen LogP contribution in [0.3, 0.4) is 0 Å². The molecule has 2 fully saturated rings. The molecule has 2 rings (SSSR count). The van der Waals surface area contributed by atoms with E-state index in [-0.39, 0.29) is 6.04 Å². The predicted octanol–water partition coefficient (Wildman–Crippen LogP) is 3.22. The van der Waals surface area contributed by atoms with Crippen LogP contribution in [-0.4, -0.2) is 41.8 Å². The van der Waals surface area contributed by atoms with E-state index in [9.17, 15) is 18.4 Å². The molecular formula is C15H24F3N3. The fourth-order valence-corrected chi connectivity index (χ4v) is 2.69. The highest BCUT2D eigenvalue weighted by atomic mass is 19.4. The van der Waals surface area contributed by atoms with Crippen molar-refractivity contribution in [1.82, 2.24) is 10.2 Å². The zero-order valence-electron chi connectivity index (χ0n) is 12.5. The largest absolute Gasteiger partial charge is 0.401 e. The van der Waals surface area contributed by atoms with Crippen LogP contribution in [0.25, 0.3) is 0 Å². The van der Waals surface area contributed by atoms with Crippen molar-refractivity contribution in [2.75, 3.05) is 13.1 Å². The molecule has 0 heterocycles. The van der Waals surface area contributed by atoms with Gasteiger partial charge in [-0.2, -0.15) is 18.4 Å². The maximum atomic E-state index is 12.5. The fourth-order valence-electron chi connectivity index (χ4n) is 2.69. The van der Waals surface area contributed by atoms with Gasteiger partial charge in [-0.15, -0.1) is 0 Å². The van der Waals surface area contributed by atoms with Crippen LogP contribution < -0.4 is 5.32 Å². The highest BCUT2D eigenvalue weighted by Gasteiger charge is 2.37. The first kappa shape index (κ1) is 16.6. The number of nitriles is 1. The maximum absolute atomic E-state index is 12.5. The van der Waals surface area contributed by atoms with E-state index in [1.807, 2.05) is 6.92 Å². The van der Waals surface area contributed by atoms with E-state index in [1.54, 1.807) is 4.90 Å². The number of alkyl halides is 3. The second kappa shape index (κ2) is 6.53. The van der Waals surface area contributed by atoms with E-state index in [2.05, 4.69) is 11.4 Å². The van der Waals surface area contributed by atoms with Crippen LogP contribution in [-0.2, 0) is 0 Å². The molecule has 0 aromatic carbocycles. The molecule has 0 aromatic rings. The number of hydrogen-bond donors (Lipinski definition) is 1. The highest BCUT2D eigenvalue weighted by Crippen LogP contribution is 2.30. The minimum Gasteiger partial charge on any atom is -0.297 e. The molecule has 0 spiro atoms. The normalized spacial score (nSPS) is 22.1. The number of rotatable bonds is 9. The lowest BCUT2D eigenvalue weighted by molar-refractivity contribution is -0.147. The predicted molar refractivity (Wildman–Crippen MR) is 74.7 cm³/mol. The highest BCUT2D eigenvalue weighted by molar-refractivity contribution is 5.06. The third-order valence-corrected chi connectivity index (χ3v) is 4.16. The number of halogens is 3. The van der Waals surface area contributed by atoms with Gasteiger partial charge < -0.3 is 0 Å². The van der Waals surface area contributed by atoms with Crippen molar-refractivity contribution in [3.05, 3.63) is 0 Å². The Morgan fingerprint density at radius 3 is 2.33 bits per heavy atom. The Morgan fingerprint density at radius 1 is 1.19 bits per heavy atom. The monoisotopic (exact) mass is 303 g/mol. The minimum absolute atomic E-state index is 0.124.